The number of halogens is 2. The molecule has 5 aromatic rings. The van der Waals surface area contributed by atoms with Crippen molar-refractivity contribution >= 4 is 45.7 Å². The van der Waals surface area contributed by atoms with E-state index < -0.39 is 0 Å². The van der Waals surface area contributed by atoms with Gasteiger partial charge in [0.15, 0.2) is 0 Å². The fraction of sp³-hybridized carbons (Fsp3) is 0.172. The van der Waals surface area contributed by atoms with Crippen LogP contribution in [0.1, 0.15) is 48.3 Å². The normalized spacial score (nSPS) is 12.4. The number of aromatic amines is 1. The highest BCUT2D eigenvalue weighted by Crippen LogP contribution is 2.38. The summed E-state index contributed by atoms with van der Waals surface area (Å²) in [4.78, 5) is 14.0. The maximum absolute atomic E-state index is 6.26. The van der Waals surface area contributed by atoms with Gasteiger partial charge in [-0.2, -0.15) is 0 Å². The Bertz CT molecular complexity index is 1440. The van der Waals surface area contributed by atoms with E-state index in [1.807, 2.05) is 24.5 Å². The summed E-state index contributed by atoms with van der Waals surface area (Å²) in [5.74, 6) is 1.31. The number of hydrogen-bond donors (Lipinski definition) is 1. The Morgan fingerprint density at radius 2 is 1.57 bits per heavy atom. The molecule has 1 atom stereocenters. The number of nitrogens with zero attached hydrogens (tertiary/aromatic N) is 2. The number of hydrogen-bond acceptors (Lipinski definition) is 3. The minimum Gasteiger partial charge on any atom is -0.344 e. The molecule has 0 saturated carbocycles. The summed E-state index contributed by atoms with van der Waals surface area (Å²) in [5, 5.41) is 4.65. The van der Waals surface area contributed by atoms with E-state index in [2.05, 4.69) is 78.4 Å². The van der Waals surface area contributed by atoms with Crippen LogP contribution in [0, 0.1) is 0 Å². The van der Waals surface area contributed by atoms with Crippen molar-refractivity contribution in [3.8, 4) is 0 Å². The van der Waals surface area contributed by atoms with Crippen LogP contribution >= 0.6 is 35.0 Å². The fourth-order valence-corrected chi connectivity index (χ4v) is 6.06. The number of fused-ring (bicyclic) bond motifs is 1. The topological polar surface area (TPSA) is 41.6 Å². The molecule has 6 heteroatoms. The number of benzene rings is 3. The molecule has 0 amide bonds. The summed E-state index contributed by atoms with van der Waals surface area (Å²) >= 11 is 14.1. The van der Waals surface area contributed by atoms with E-state index in [0.29, 0.717) is 10.0 Å². The SMILES string of the molecule is CC(C)c1[nH]c(C(Cc2ccncc2)c2ccc3ccccc3c2)nc1Sc1cc(Cl)cc(Cl)c1. The first kappa shape index (κ1) is 23.9. The van der Waals surface area contributed by atoms with Crippen LogP contribution in [0.25, 0.3) is 10.8 Å². The standard InChI is InChI=1S/C29H25Cl2N3S/c1-18(2)27-29(35-25-16-23(30)15-24(31)17-25)34-28(33-27)26(13-19-9-11-32-12-10-19)22-8-7-20-5-3-4-6-21(20)14-22/h3-12,14-18,26H,13H2,1-2H3,(H,33,34). The van der Waals surface area contributed by atoms with Crippen molar-refractivity contribution in [2.24, 2.45) is 0 Å². The van der Waals surface area contributed by atoms with Crippen molar-refractivity contribution in [2.75, 3.05) is 0 Å². The fourth-order valence-electron chi connectivity index (χ4n) is 4.27. The highest BCUT2D eigenvalue weighted by atomic mass is 35.5. The third-order valence-electron chi connectivity index (χ3n) is 6.04. The second kappa shape index (κ2) is 10.4. The number of H-pyrrole nitrogens is 1. The largest absolute Gasteiger partial charge is 0.344 e. The Morgan fingerprint density at radius 1 is 0.857 bits per heavy atom. The number of nitrogens with one attached hydrogen (secondary N) is 1. The number of aromatic nitrogens is 3. The third kappa shape index (κ3) is 5.56. The lowest BCUT2D eigenvalue weighted by atomic mass is 9.90. The lowest BCUT2D eigenvalue weighted by Gasteiger charge is -2.16. The van der Waals surface area contributed by atoms with Crippen molar-refractivity contribution in [1.29, 1.82) is 0 Å². The minimum absolute atomic E-state index is 0.0665. The predicted molar refractivity (Wildman–Crippen MR) is 147 cm³/mol. The number of rotatable bonds is 7. The molecule has 5 rings (SSSR count). The lowest BCUT2D eigenvalue weighted by Crippen LogP contribution is -2.08. The van der Waals surface area contributed by atoms with E-state index in [4.69, 9.17) is 28.2 Å². The van der Waals surface area contributed by atoms with Crippen LogP contribution in [-0.2, 0) is 6.42 Å². The van der Waals surface area contributed by atoms with Crippen LogP contribution in [0.4, 0.5) is 0 Å². The second-order valence-electron chi connectivity index (χ2n) is 8.92. The molecule has 0 spiro atoms. The summed E-state index contributed by atoms with van der Waals surface area (Å²) < 4.78 is 0. The van der Waals surface area contributed by atoms with Crippen LogP contribution < -0.4 is 0 Å². The third-order valence-corrected chi connectivity index (χ3v) is 7.45. The van der Waals surface area contributed by atoms with E-state index in [1.165, 1.54) is 21.9 Å². The van der Waals surface area contributed by atoms with E-state index in [9.17, 15) is 0 Å². The molecule has 0 aliphatic heterocycles. The second-order valence-corrected chi connectivity index (χ2v) is 10.9. The molecule has 1 unspecified atom stereocenters. The van der Waals surface area contributed by atoms with Gasteiger partial charge in [0.25, 0.3) is 0 Å². The van der Waals surface area contributed by atoms with Crippen molar-refractivity contribution in [3.63, 3.8) is 0 Å². The van der Waals surface area contributed by atoms with E-state index in [0.717, 1.165) is 27.9 Å². The lowest BCUT2D eigenvalue weighted by molar-refractivity contribution is 0.739. The van der Waals surface area contributed by atoms with Gasteiger partial charge in [-0.05, 0) is 64.6 Å². The Hall–Kier alpha value is -2.79. The van der Waals surface area contributed by atoms with E-state index >= 15 is 0 Å². The average molecular weight is 519 g/mol. The summed E-state index contributed by atoms with van der Waals surface area (Å²) in [6, 6.07) is 24.9. The van der Waals surface area contributed by atoms with Crippen LogP contribution in [0.2, 0.25) is 10.0 Å². The highest BCUT2D eigenvalue weighted by molar-refractivity contribution is 7.99. The first-order chi connectivity index (χ1) is 17.0. The summed E-state index contributed by atoms with van der Waals surface area (Å²) in [6.45, 7) is 4.36. The molecule has 0 aliphatic carbocycles. The van der Waals surface area contributed by atoms with Gasteiger partial charge in [0.1, 0.15) is 10.9 Å². The smallest absolute Gasteiger partial charge is 0.122 e. The molecule has 176 valence electrons. The molecular formula is C29H25Cl2N3S. The van der Waals surface area contributed by atoms with Crippen molar-refractivity contribution in [2.45, 2.75) is 42.0 Å². The molecule has 3 aromatic carbocycles. The number of imidazole rings is 1. The van der Waals surface area contributed by atoms with Gasteiger partial charge >= 0.3 is 0 Å². The molecule has 35 heavy (non-hydrogen) atoms. The quantitative estimate of drug-likeness (QED) is 0.234. The van der Waals surface area contributed by atoms with Gasteiger partial charge in [0.2, 0.25) is 0 Å². The maximum Gasteiger partial charge on any atom is 0.122 e. The predicted octanol–water partition coefficient (Wildman–Crippen LogP) is 8.91. The van der Waals surface area contributed by atoms with Crippen LogP contribution in [0.3, 0.4) is 0 Å². The molecular weight excluding hydrogens is 493 g/mol. The molecule has 0 bridgehead atoms. The van der Waals surface area contributed by atoms with Gasteiger partial charge < -0.3 is 4.98 Å². The summed E-state index contributed by atoms with van der Waals surface area (Å²) in [6.07, 6.45) is 4.51. The zero-order valence-corrected chi connectivity index (χ0v) is 21.8. The number of pyridine rings is 1. The Balaban J connectivity index is 1.58. The van der Waals surface area contributed by atoms with Crippen LogP contribution in [-0.4, -0.2) is 15.0 Å². The first-order valence-electron chi connectivity index (χ1n) is 11.6. The molecule has 0 aliphatic rings. The van der Waals surface area contributed by atoms with Crippen LogP contribution in [0.15, 0.2) is 95.1 Å². The summed E-state index contributed by atoms with van der Waals surface area (Å²) in [5.41, 5.74) is 3.56. The van der Waals surface area contributed by atoms with Crippen molar-refractivity contribution in [3.05, 3.63) is 118 Å². The van der Waals surface area contributed by atoms with Crippen molar-refractivity contribution in [1.82, 2.24) is 15.0 Å². The minimum atomic E-state index is 0.0665. The Kier molecular flexibility index (Phi) is 7.14. The molecule has 2 heterocycles. The molecule has 3 nitrogen and oxygen atoms in total. The monoisotopic (exact) mass is 517 g/mol. The van der Waals surface area contributed by atoms with Gasteiger partial charge in [0, 0.05) is 33.3 Å². The highest BCUT2D eigenvalue weighted by Gasteiger charge is 2.23. The molecule has 0 radical (unpaired) electrons. The average Bonchev–Trinajstić information content (AvgIpc) is 3.26. The van der Waals surface area contributed by atoms with Gasteiger partial charge in [0.05, 0.1) is 5.69 Å². The van der Waals surface area contributed by atoms with E-state index in [1.54, 1.807) is 17.8 Å². The Morgan fingerprint density at radius 3 is 2.29 bits per heavy atom. The molecule has 2 aromatic heterocycles. The van der Waals surface area contributed by atoms with Crippen molar-refractivity contribution < 1.29 is 0 Å². The van der Waals surface area contributed by atoms with Crippen LogP contribution in [0.5, 0.6) is 0 Å². The molecule has 1 N–H and O–H groups in total. The maximum atomic E-state index is 6.26. The van der Waals surface area contributed by atoms with Gasteiger partial charge in [-0.3, -0.25) is 4.98 Å². The zero-order chi connectivity index (χ0) is 24.4. The Labute approximate surface area is 219 Å². The van der Waals surface area contributed by atoms with Gasteiger partial charge in [-0.15, -0.1) is 0 Å². The zero-order valence-electron chi connectivity index (χ0n) is 19.5. The first-order valence-corrected chi connectivity index (χ1v) is 13.1. The summed E-state index contributed by atoms with van der Waals surface area (Å²) in [7, 11) is 0. The van der Waals surface area contributed by atoms with Gasteiger partial charge in [-0.1, -0.05) is 91.3 Å². The molecule has 0 fully saturated rings. The van der Waals surface area contributed by atoms with E-state index in [-0.39, 0.29) is 11.8 Å². The van der Waals surface area contributed by atoms with Gasteiger partial charge in [-0.25, -0.2) is 4.98 Å². The molecule has 0 saturated heterocycles.